The molecule has 1 aromatic heterocycles. The van der Waals surface area contributed by atoms with Crippen molar-refractivity contribution in [3.05, 3.63) is 54.1 Å². The third-order valence-corrected chi connectivity index (χ3v) is 2.68. The minimum absolute atomic E-state index is 0.285. The molecule has 106 valence electrons. The highest BCUT2D eigenvalue weighted by Crippen LogP contribution is 2.25. The molecule has 0 unspecified atom stereocenters. The molecule has 0 aliphatic rings. The molecule has 2 rings (SSSR count). The van der Waals surface area contributed by atoms with Crippen molar-refractivity contribution in [1.29, 1.82) is 0 Å². The van der Waals surface area contributed by atoms with Gasteiger partial charge in [0.1, 0.15) is 17.3 Å². The second-order valence-corrected chi connectivity index (χ2v) is 4.21. The van der Waals surface area contributed by atoms with Crippen LogP contribution in [0.25, 0.3) is 0 Å². The van der Waals surface area contributed by atoms with Crippen molar-refractivity contribution in [2.75, 3.05) is 20.3 Å². The highest BCUT2D eigenvalue weighted by Gasteiger charge is 2.06. The van der Waals surface area contributed by atoms with Crippen LogP contribution in [0.4, 0.5) is 4.39 Å². The highest BCUT2D eigenvalue weighted by atomic mass is 19.1. The Labute approximate surface area is 117 Å². The number of ether oxygens (including phenoxy) is 2. The van der Waals surface area contributed by atoms with E-state index in [1.54, 1.807) is 37.7 Å². The molecule has 0 atom stereocenters. The van der Waals surface area contributed by atoms with E-state index in [0.29, 0.717) is 31.2 Å². The van der Waals surface area contributed by atoms with Gasteiger partial charge in [0.2, 0.25) is 0 Å². The van der Waals surface area contributed by atoms with E-state index >= 15 is 0 Å². The third kappa shape index (κ3) is 4.29. The quantitative estimate of drug-likeness (QED) is 0.790. The van der Waals surface area contributed by atoms with Crippen molar-refractivity contribution in [3.63, 3.8) is 0 Å². The second kappa shape index (κ2) is 7.57. The van der Waals surface area contributed by atoms with E-state index in [1.807, 2.05) is 0 Å². The maximum absolute atomic E-state index is 13.3. The van der Waals surface area contributed by atoms with Crippen LogP contribution in [0.2, 0.25) is 0 Å². The number of methoxy groups -OCH3 is 1. The fourth-order valence-electron chi connectivity index (χ4n) is 1.72. The number of benzene rings is 1. The molecule has 20 heavy (non-hydrogen) atoms. The van der Waals surface area contributed by atoms with Gasteiger partial charge in [-0.3, -0.25) is 4.98 Å². The van der Waals surface area contributed by atoms with E-state index < -0.39 is 0 Å². The number of nitrogens with zero attached hydrogens (tertiary/aromatic N) is 1. The lowest BCUT2D eigenvalue weighted by molar-refractivity contribution is 0.199. The van der Waals surface area contributed by atoms with Crippen LogP contribution in [-0.4, -0.2) is 25.2 Å². The second-order valence-electron chi connectivity index (χ2n) is 4.21. The Balaban J connectivity index is 2.07. The zero-order chi connectivity index (χ0) is 14.2. The largest absolute Gasteiger partial charge is 0.455 e. The fraction of sp³-hybridized carbons (Fsp3) is 0.267. The van der Waals surface area contributed by atoms with Gasteiger partial charge >= 0.3 is 0 Å². The lowest BCUT2D eigenvalue weighted by Gasteiger charge is -2.12. The highest BCUT2D eigenvalue weighted by molar-refractivity contribution is 5.37. The van der Waals surface area contributed by atoms with Crippen LogP contribution in [0.1, 0.15) is 5.56 Å². The van der Waals surface area contributed by atoms with E-state index in [2.05, 4.69) is 10.3 Å². The van der Waals surface area contributed by atoms with Crippen LogP contribution in [0.5, 0.6) is 11.5 Å². The lowest BCUT2D eigenvalue weighted by Crippen LogP contribution is -2.19. The molecular formula is C15H17FN2O2. The SMILES string of the molecule is COCCNCc1cc(F)ccc1Oc1cccnc1. The predicted molar refractivity (Wildman–Crippen MR) is 74.3 cm³/mol. The molecule has 0 bridgehead atoms. The van der Waals surface area contributed by atoms with Gasteiger partial charge in [0.15, 0.2) is 0 Å². The van der Waals surface area contributed by atoms with Gasteiger partial charge in [-0.05, 0) is 30.3 Å². The van der Waals surface area contributed by atoms with Gasteiger partial charge in [-0.15, -0.1) is 0 Å². The summed E-state index contributed by atoms with van der Waals surface area (Å²) < 4.78 is 24.0. The van der Waals surface area contributed by atoms with Crippen molar-refractivity contribution >= 4 is 0 Å². The molecule has 0 fully saturated rings. The summed E-state index contributed by atoms with van der Waals surface area (Å²) in [7, 11) is 1.64. The smallest absolute Gasteiger partial charge is 0.145 e. The van der Waals surface area contributed by atoms with Gasteiger partial charge in [0.25, 0.3) is 0 Å². The minimum atomic E-state index is -0.285. The lowest BCUT2D eigenvalue weighted by atomic mass is 10.2. The first kappa shape index (κ1) is 14.4. The number of pyridine rings is 1. The molecule has 1 N–H and O–H groups in total. The summed E-state index contributed by atoms with van der Waals surface area (Å²) in [6.07, 6.45) is 3.29. The van der Waals surface area contributed by atoms with Crippen molar-refractivity contribution in [1.82, 2.24) is 10.3 Å². The van der Waals surface area contributed by atoms with Crippen molar-refractivity contribution in [2.45, 2.75) is 6.54 Å². The topological polar surface area (TPSA) is 43.4 Å². The van der Waals surface area contributed by atoms with Gasteiger partial charge in [-0.25, -0.2) is 4.39 Å². The molecule has 0 aliphatic heterocycles. The normalized spacial score (nSPS) is 10.5. The van der Waals surface area contributed by atoms with Crippen LogP contribution in [0.15, 0.2) is 42.7 Å². The van der Waals surface area contributed by atoms with Crippen LogP contribution >= 0.6 is 0 Å². The Bertz CT molecular complexity index is 535. The maximum Gasteiger partial charge on any atom is 0.145 e. The Hall–Kier alpha value is -1.98. The minimum Gasteiger partial charge on any atom is -0.455 e. The summed E-state index contributed by atoms with van der Waals surface area (Å²) in [6.45, 7) is 1.81. The molecule has 4 nitrogen and oxygen atoms in total. The Morgan fingerprint density at radius 1 is 1.30 bits per heavy atom. The molecule has 0 saturated carbocycles. The standard InChI is InChI=1S/C15H17FN2O2/c1-19-8-7-18-10-12-9-13(16)4-5-15(12)20-14-3-2-6-17-11-14/h2-6,9,11,18H,7-8,10H2,1H3. The molecule has 0 amide bonds. The molecule has 1 aromatic carbocycles. The van der Waals surface area contributed by atoms with E-state index in [1.165, 1.54) is 12.1 Å². The fourth-order valence-corrected chi connectivity index (χ4v) is 1.72. The summed E-state index contributed by atoms with van der Waals surface area (Å²) in [5, 5.41) is 3.17. The van der Waals surface area contributed by atoms with Crippen molar-refractivity contribution in [2.24, 2.45) is 0 Å². The monoisotopic (exact) mass is 276 g/mol. The first-order valence-electron chi connectivity index (χ1n) is 6.35. The first-order chi connectivity index (χ1) is 9.79. The number of hydrogen-bond acceptors (Lipinski definition) is 4. The third-order valence-electron chi connectivity index (χ3n) is 2.68. The van der Waals surface area contributed by atoms with Gasteiger partial charge in [-0.2, -0.15) is 0 Å². The van der Waals surface area contributed by atoms with Gasteiger partial charge in [-0.1, -0.05) is 0 Å². The Morgan fingerprint density at radius 3 is 2.95 bits per heavy atom. The molecule has 5 heteroatoms. The molecule has 0 spiro atoms. The number of hydrogen-bond donors (Lipinski definition) is 1. The first-order valence-corrected chi connectivity index (χ1v) is 6.35. The molecule has 0 saturated heterocycles. The average Bonchev–Trinajstić information content (AvgIpc) is 2.47. The molecule has 1 heterocycles. The Morgan fingerprint density at radius 2 is 2.20 bits per heavy atom. The maximum atomic E-state index is 13.3. The summed E-state index contributed by atoms with van der Waals surface area (Å²) in [5.74, 6) is 0.952. The van der Waals surface area contributed by atoms with Crippen molar-refractivity contribution in [3.8, 4) is 11.5 Å². The summed E-state index contributed by atoms with van der Waals surface area (Å²) in [6, 6.07) is 8.05. The average molecular weight is 276 g/mol. The van der Waals surface area contributed by atoms with Crippen LogP contribution in [0, 0.1) is 5.82 Å². The van der Waals surface area contributed by atoms with E-state index in [0.717, 1.165) is 5.56 Å². The van der Waals surface area contributed by atoms with Crippen molar-refractivity contribution < 1.29 is 13.9 Å². The van der Waals surface area contributed by atoms with E-state index in [-0.39, 0.29) is 5.82 Å². The van der Waals surface area contributed by atoms with Gasteiger partial charge in [0, 0.05) is 32.0 Å². The summed E-state index contributed by atoms with van der Waals surface area (Å²) in [5.41, 5.74) is 0.755. The molecule has 0 radical (unpaired) electrons. The number of rotatable bonds is 7. The number of nitrogens with one attached hydrogen (secondary N) is 1. The summed E-state index contributed by atoms with van der Waals surface area (Å²) >= 11 is 0. The zero-order valence-corrected chi connectivity index (χ0v) is 11.3. The van der Waals surface area contributed by atoms with Gasteiger partial charge < -0.3 is 14.8 Å². The van der Waals surface area contributed by atoms with Gasteiger partial charge in [0.05, 0.1) is 12.8 Å². The van der Waals surface area contributed by atoms with Crippen LogP contribution in [-0.2, 0) is 11.3 Å². The van der Waals surface area contributed by atoms with E-state index in [9.17, 15) is 4.39 Å². The van der Waals surface area contributed by atoms with Crippen LogP contribution < -0.4 is 10.1 Å². The number of aromatic nitrogens is 1. The number of halogens is 1. The predicted octanol–water partition coefficient (Wildman–Crippen LogP) is 2.75. The van der Waals surface area contributed by atoms with E-state index in [4.69, 9.17) is 9.47 Å². The Kier molecular flexibility index (Phi) is 5.46. The molecule has 0 aliphatic carbocycles. The summed E-state index contributed by atoms with van der Waals surface area (Å²) in [4.78, 5) is 3.98. The van der Waals surface area contributed by atoms with Crippen LogP contribution in [0.3, 0.4) is 0 Å². The molecule has 2 aromatic rings. The zero-order valence-electron chi connectivity index (χ0n) is 11.3. The molecular weight excluding hydrogens is 259 g/mol.